The third-order valence-corrected chi connectivity index (χ3v) is 4.53. The lowest BCUT2D eigenvalue weighted by Gasteiger charge is -2.19. The van der Waals surface area contributed by atoms with Crippen LogP contribution in [0.2, 0.25) is 0 Å². The highest BCUT2D eigenvalue weighted by Crippen LogP contribution is 2.36. The first-order chi connectivity index (χ1) is 12.1. The second-order valence-corrected chi connectivity index (χ2v) is 6.43. The molecule has 138 valence electrons. The molecular formula is C16H16F3N5OS. The third-order valence-electron chi connectivity index (χ3n) is 4.23. The van der Waals surface area contributed by atoms with E-state index in [0.29, 0.717) is 12.0 Å². The number of aromatic nitrogens is 5. The largest absolute Gasteiger partial charge is 0.417 e. The Morgan fingerprint density at radius 2 is 2.08 bits per heavy atom. The van der Waals surface area contributed by atoms with Crippen LogP contribution >= 0.6 is 12.2 Å². The van der Waals surface area contributed by atoms with Crippen molar-refractivity contribution in [2.45, 2.75) is 32.5 Å². The summed E-state index contributed by atoms with van der Waals surface area (Å²) in [6.07, 6.45) is -1.13. The monoisotopic (exact) mass is 383 g/mol. The number of rotatable bonds is 3. The number of hydrogen-bond donors (Lipinski definition) is 1. The van der Waals surface area contributed by atoms with Gasteiger partial charge in [0.15, 0.2) is 4.77 Å². The molecule has 0 saturated carbocycles. The Morgan fingerprint density at radius 1 is 1.38 bits per heavy atom. The third kappa shape index (κ3) is 3.05. The first-order valence-corrected chi connectivity index (χ1v) is 8.30. The lowest BCUT2D eigenvalue weighted by Crippen LogP contribution is -2.22. The summed E-state index contributed by atoms with van der Waals surface area (Å²) in [6, 6.07) is 0.637. The summed E-state index contributed by atoms with van der Waals surface area (Å²) in [5.41, 5.74) is -1.53. The molecule has 0 fully saturated rings. The maximum atomic E-state index is 13.7. The van der Waals surface area contributed by atoms with Gasteiger partial charge in [-0.05, 0) is 31.6 Å². The second-order valence-electron chi connectivity index (χ2n) is 6.04. The number of alkyl halides is 3. The van der Waals surface area contributed by atoms with Crippen LogP contribution in [0.1, 0.15) is 31.9 Å². The molecule has 3 heterocycles. The molecule has 0 bridgehead atoms. The van der Waals surface area contributed by atoms with Gasteiger partial charge in [-0.2, -0.15) is 18.3 Å². The van der Waals surface area contributed by atoms with Gasteiger partial charge in [0, 0.05) is 24.8 Å². The molecule has 0 aliphatic carbocycles. The van der Waals surface area contributed by atoms with Crippen molar-refractivity contribution in [1.82, 2.24) is 24.3 Å². The summed E-state index contributed by atoms with van der Waals surface area (Å²) in [5, 5.41) is 3.46. The highest BCUT2D eigenvalue weighted by atomic mass is 32.1. The van der Waals surface area contributed by atoms with Crippen molar-refractivity contribution in [3.8, 4) is 11.3 Å². The van der Waals surface area contributed by atoms with Crippen LogP contribution in [0.4, 0.5) is 13.2 Å². The smallest absolute Gasteiger partial charge is 0.300 e. The number of halogens is 3. The van der Waals surface area contributed by atoms with Gasteiger partial charge in [-0.25, -0.2) is 4.98 Å². The first-order valence-electron chi connectivity index (χ1n) is 7.89. The molecule has 0 aromatic carbocycles. The van der Waals surface area contributed by atoms with Gasteiger partial charge in [-0.1, -0.05) is 6.92 Å². The van der Waals surface area contributed by atoms with Crippen molar-refractivity contribution in [3.05, 3.63) is 39.1 Å². The van der Waals surface area contributed by atoms with Gasteiger partial charge < -0.3 is 0 Å². The Morgan fingerprint density at radius 3 is 2.62 bits per heavy atom. The fourth-order valence-electron chi connectivity index (χ4n) is 2.76. The maximum absolute atomic E-state index is 13.7. The number of aromatic amines is 1. The molecule has 0 saturated heterocycles. The molecule has 1 N–H and O–H groups in total. The van der Waals surface area contributed by atoms with Crippen LogP contribution in [0.25, 0.3) is 22.3 Å². The minimum absolute atomic E-state index is 0.0424. The van der Waals surface area contributed by atoms with E-state index >= 15 is 0 Å². The molecule has 26 heavy (non-hydrogen) atoms. The fourth-order valence-corrected chi connectivity index (χ4v) is 3.12. The number of aryl methyl sites for hydroxylation is 1. The van der Waals surface area contributed by atoms with E-state index in [-0.39, 0.29) is 22.2 Å². The highest BCUT2D eigenvalue weighted by Gasteiger charge is 2.36. The molecule has 0 aliphatic rings. The van der Waals surface area contributed by atoms with Crippen LogP contribution in [-0.2, 0) is 13.2 Å². The van der Waals surface area contributed by atoms with Crippen LogP contribution in [-0.4, -0.2) is 24.3 Å². The van der Waals surface area contributed by atoms with Crippen molar-refractivity contribution in [1.29, 1.82) is 0 Å². The van der Waals surface area contributed by atoms with Gasteiger partial charge in [0.05, 0.1) is 22.8 Å². The van der Waals surface area contributed by atoms with Crippen LogP contribution in [0.15, 0.2) is 23.3 Å². The number of nitrogens with zero attached hydrogens (tertiary/aromatic N) is 4. The molecule has 0 spiro atoms. The predicted molar refractivity (Wildman–Crippen MR) is 93.4 cm³/mol. The van der Waals surface area contributed by atoms with Gasteiger partial charge >= 0.3 is 6.18 Å². The molecule has 0 amide bonds. The minimum atomic E-state index is -4.72. The Bertz CT molecular complexity index is 1100. The zero-order chi connectivity index (χ0) is 19.2. The van der Waals surface area contributed by atoms with E-state index in [2.05, 4.69) is 15.1 Å². The first kappa shape index (κ1) is 18.3. The van der Waals surface area contributed by atoms with E-state index in [4.69, 9.17) is 12.2 Å². The fraction of sp³-hybridized carbons (Fsp3) is 0.375. The number of H-pyrrole nitrogens is 1. The Balaban J connectivity index is 2.51. The SMILES string of the molecule is CCC(C)n1c(=S)[nH]c(=O)c2c(C(F)(F)F)cc(-c3cnn(C)c3)nc21. The molecule has 3 rings (SSSR count). The summed E-state index contributed by atoms with van der Waals surface area (Å²) in [5.74, 6) is 0. The van der Waals surface area contributed by atoms with Crippen LogP contribution in [0.3, 0.4) is 0 Å². The second kappa shape index (κ2) is 6.35. The zero-order valence-electron chi connectivity index (χ0n) is 14.3. The Labute approximate surface area is 151 Å². The van der Waals surface area contributed by atoms with Crippen molar-refractivity contribution in [2.75, 3.05) is 0 Å². The lowest BCUT2D eigenvalue weighted by molar-refractivity contribution is -0.136. The highest BCUT2D eigenvalue weighted by molar-refractivity contribution is 7.71. The molecule has 3 aromatic heterocycles. The van der Waals surface area contributed by atoms with Crippen molar-refractivity contribution >= 4 is 23.3 Å². The average Bonchev–Trinajstić information content (AvgIpc) is 2.99. The molecule has 6 nitrogen and oxygen atoms in total. The van der Waals surface area contributed by atoms with E-state index < -0.39 is 22.7 Å². The molecule has 10 heteroatoms. The number of nitrogens with one attached hydrogen (secondary N) is 1. The van der Waals surface area contributed by atoms with Gasteiger partial charge in [-0.3, -0.25) is 19.0 Å². The van der Waals surface area contributed by atoms with Crippen LogP contribution in [0.5, 0.6) is 0 Å². The molecule has 0 aliphatic heterocycles. The van der Waals surface area contributed by atoms with Crippen molar-refractivity contribution in [2.24, 2.45) is 7.05 Å². The van der Waals surface area contributed by atoms with E-state index in [0.717, 1.165) is 6.07 Å². The lowest BCUT2D eigenvalue weighted by atomic mass is 10.1. The average molecular weight is 383 g/mol. The van der Waals surface area contributed by atoms with Crippen molar-refractivity contribution in [3.63, 3.8) is 0 Å². The normalized spacial score (nSPS) is 13.3. The zero-order valence-corrected chi connectivity index (χ0v) is 15.1. The maximum Gasteiger partial charge on any atom is 0.417 e. The van der Waals surface area contributed by atoms with Crippen LogP contribution < -0.4 is 5.56 Å². The van der Waals surface area contributed by atoms with Gasteiger partial charge in [0.2, 0.25) is 0 Å². The molecular weight excluding hydrogens is 367 g/mol. The standard InChI is InChI=1S/C16H16F3N5OS/c1-4-8(2)24-13-12(14(25)22-15(24)26)10(16(17,18)19)5-11(21-13)9-6-20-23(3)7-9/h5-8H,4H2,1-3H3,(H,22,25,26). The topological polar surface area (TPSA) is 68.5 Å². The number of hydrogen-bond acceptors (Lipinski definition) is 4. The van der Waals surface area contributed by atoms with Gasteiger partial charge in [0.25, 0.3) is 5.56 Å². The molecule has 1 atom stereocenters. The predicted octanol–water partition coefficient (Wildman–Crippen LogP) is 3.84. The van der Waals surface area contributed by atoms with Crippen molar-refractivity contribution < 1.29 is 13.2 Å². The van der Waals surface area contributed by atoms with E-state index in [1.54, 1.807) is 20.2 Å². The van der Waals surface area contributed by atoms with Crippen LogP contribution in [0, 0.1) is 4.77 Å². The molecule has 0 radical (unpaired) electrons. The van der Waals surface area contributed by atoms with Gasteiger partial charge in [-0.15, -0.1) is 0 Å². The van der Waals surface area contributed by atoms with E-state index in [9.17, 15) is 18.0 Å². The number of fused-ring (bicyclic) bond motifs is 1. The Hall–Kier alpha value is -2.49. The number of pyridine rings is 1. The Kier molecular flexibility index (Phi) is 4.47. The summed E-state index contributed by atoms with van der Waals surface area (Å²) < 4.78 is 44.0. The molecule has 3 aromatic rings. The summed E-state index contributed by atoms with van der Waals surface area (Å²) >= 11 is 5.18. The molecule has 1 unspecified atom stereocenters. The quantitative estimate of drug-likeness (QED) is 0.698. The summed E-state index contributed by atoms with van der Waals surface area (Å²) in [6.45, 7) is 3.68. The summed E-state index contributed by atoms with van der Waals surface area (Å²) in [7, 11) is 1.65. The minimum Gasteiger partial charge on any atom is -0.300 e. The van der Waals surface area contributed by atoms with E-state index in [1.165, 1.54) is 15.4 Å². The van der Waals surface area contributed by atoms with Gasteiger partial charge in [0.1, 0.15) is 5.65 Å². The summed E-state index contributed by atoms with van der Waals surface area (Å²) in [4.78, 5) is 19.0. The van der Waals surface area contributed by atoms with E-state index in [1.807, 2.05) is 6.92 Å².